The molecule has 3 N–H and O–H groups in total. The number of nitrogens with one attached hydrogen (secondary N) is 1. The van der Waals surface area contributed by atoms with E-state index in [1.165, 1.54) is 11.3 Å². The molecule has 0 spiro atoms. The molecule has 1 aliphatic heterocycles. The Morgan fingerprint density at radius 1 is 1.39 bits per heavy atom. The van der Waals surface area contributed by atoms with Crippen LogP contribution in [-0.2, 0) is 21.2 Å². The summed E-state index contributed by atoms with van der Waals surface area (Å²) in [6, 6.07) is 3.47. The van der Waals surface area contributed by atoms with Crippen molar-refractivity contribution in [2.75, 3.05) is 19.8 Å². The number of hydrogen-bond donors (Lipinski definition) is 2. The van der Waals surface area contributed by atoms with Gasteiger partial charge in [-0.3, -0.25) is 0 Å². The summed E-state index contributed by atoms with van der Waals surface area (Å²) >= 11 is 1.29. The van der Waals surface area contributed by atoms with Crippen molar-refractivity contribution in [3.63, 3.8) is 0 Å². The van der Waals surface area contributed by atoms with Gasteiger partial charge in [0.15, 0.2) is 0 Å². The highest BCUT2D eigenvalue weighted by molar-refractivity contribution is 7.91. The average molecular weight is 290 g/mol. The molecule has 0 aliphatic carbocycles. The minimum atomic E-state index is -3.39. The summed E-state index contributed by atoms with van der Waals surface area (Å²) in [5, 5.41) is 0. The van der Waals surface area contributed by atoms with Crippen molar-refractivity contribution in [2.45, 2.75) is 29.5 Å². The van der Waals surface area contributed by atoms with Crippen molar-refractivity contribution in [3.05, 3.63) is 17.0 Å². The maximum atomic E-state index is 12.1. The monoisotopic (exact) mass is 290 g/mol. The molecule has 5 nitrogen and oxygen atoms in total. The third kappa shape index (κ3) is 3.52. The first-order valence-corrected chi connectivity index (χ1v) is 8.30. The summed E-state index contributed by atoms with van der Waals surface area (Å²) < 4.78 is 32.6. The summed E-state index contributed by atoms with van der Waals surface area (Å²) in [7, 11) is -3.39. The molecular weight excluding hydrogens is 272 g/mol. The van der Waals surface area contributed by atoms with E-state index in [4.69, 9.17) is 10.5 Å². The highest BCUT2D eigenvalue weighted by atomic mass is 32.2. The fraction of sp³-hybridized carbons (Fsp3) is 0.636. The highest BCUT2D eigenvalue weighted by Gasteiger charge is 2.23. The Morgan fingerprint density at radius 2 is 2.11 bits per heavy atom. The maximum absolute atomic E-state index is 12.1. The molecule has 2 rings (SSSR count). The molecule has 0 unspecified atom stereocenters. The lowest BCUT2D eigenvalue weighted by Gasteiger charge is -2.22. The van der Waals surface area contributed by atoms with Gasteiger partial charge >= 0.3 is 0 Å². The second-order valence-corrected chi connectivity index (χ2v) is 7.38. The SMILES string of the molecule is NCCc1ccc(S(=O)(=O)NC2CCOCC2)s1. The van der Waals surface area contributed by atoms with Gasteiger partial charge < -0.3 is 10.5 Å². The molecule has 0 bridgehead atoms. The van der Waals surface area contributed by atoms with Crippen LogP contribution >= 0.6 is 11.3 Å². The summed E-state index contributed by atoms with van der Waals surface area (Å²) in [5.74, 6) is 0. The van der Waals surface area contributed by atoms with Gasteiger partial charge in [0.2, 0.25) is 10.0 Å². The van der Waals surface area contributed by atoms with Crippen LogP contribution in [0.3, 0.4) is 0 Å². The summed E-state index contributed by atoms with van der Waals surface area (Å²) in [4.78, 5) is 1.00. The van der Waals surface area contributed by atoms with Gasteiger partial charge in [-0.1, -0.05) is 0 Å². The minimum absolute atomic E-state index is 0.0104. The number of rotatable bonds is 5. The molecule has 0 saturated carbocycles. The van der Waals surface area contributed by atoms with Crippen molar-refractivity contribution in [3.8, 4) is 0 Å². The first-order chi connectivity index (χ1) is 8.62. The summed E-state index contributed by atoms with van der Waals surface area (Å²) in [5.41, 5.74) is 5.46. The Kier molecular flexibility index (Phi) is 4.74. The van der Waals surface area contributed by atoms with Crippen LogP contribution in [0.2, 0.25) is 0 Å². The zero-order chi connectivity index (χ0) is 13.0. The lowest BCUT2D eigenvalue weighted by atomic mass is 10.1. The lowest BCUT2D eigenvalue weighted by molar-refractivity contribution is 0.0832. The van der Waals surface area contributed by atoms with Gasteiger partial charge in [-0.15, -0.1) is 11.3 Å². The predicted octanol–water partition coefficient (Wildman–Crippen LogP) is 0.707. The van der Waals surface area contributed by atoms with Crippen molar-refractivity contribution >= 4 is 21.4 Å². The second-order valence-electron chi connectivity index (χ2n) is 4.27. The molecule has 1 aliphatic rings. The minimum Gasteiger partial charge on any atom is -0.381 e. The topological polar surface area (TPSA) is 81.4 Å². The summed E-state index contributed by atoms with van der Waals surface area (Å²) in [6.45, 7) is 1.78. The van der Waals surface area contributed by atoms with Crippen LogP contribution in [0.15, 0.2) is 16.3 Å². The first-order valence-electron chi connectivity index (χ1n) is 6.00. The van der Waals surface area contributed by atoms with Gasteiger partial charge in [0, 0.05) is 24.1 Å². The number of nitrogens with two attached hydrogens (primary N) is 1. The van der Waals surface area contributed by atoms with Crippen molar-refractivity contribution in [2.24, 2.45) is 5.73 Å². The van der Waals surface area contributed by atoms with E-state index in [2.05, 4.69) is 4.72 Å². The smallest absolute Gasteiger partial charge is 0.250 e. The second kappa shape index (κ2) is 6.12. The van der Waals surface area contributed by atoms with E-state index in [1.807, 2.05) is 6.07 Å². The summed E-state index contributed by atoms with van der Waals surface area (Å²) in [6.07, 6.45) is 2.19. The van der Waals surface area contributed by atoms with Gasteiger partial charge in [0.1, 0.15) is 4.21 Å². The molecule has 0 radical (unpaired) electrons. The number of sulfonamides is 1. The molecule has 18 heavy (non-hydrogen) atoms. The molecule has 1 fully saturated rings. The van der Waals surface area contributed by atoms with Crippen molar-refractivity contribution in [1.82, 2.24) is 4.72 Å². The van der Waals surface area contributed by atoms with Gasteiger partial charge in [-0.05, 0) is 37.9 Å². The van der Waals surface area contributed by atoms with E-state index in [0.717, 1.165) is 24.1 Å². The van der Waals surface area contributed by atoms with E-state index in [0.29, 0.717) is 24.0 Å². The Bertz CT molecular complexity index is 478. The van der Waals surface area contributed by atoms with Crippen molar-refractivity contribution < 1.29 is 13.2 Å². The molecule has 1 saturated heterocycles. The van der Waals surface area contributed by atoms with Crippen LogP contribution in [0.5, 0.6) is 0 Å². The van der Waals surface area contributed by atoms with Crippen LogP contribution in [0.1, 0.15) is 17.7 Å². The van der Waals surface area contributed by atoms with E-state index in [9.17, 15) is 8.42 Å². The average Bonchev–Trinajstić information content (AvgIpc) is 2.80. The third-order valence-electron chi connectivity index (χ3n) is 2.84. The Labute approximate surface area is 111 Å². The third-order valence-corrected chi connectivity index (χ3v) is 5.99. The molecule has 7 heteroatoms. The zero-order valence-electron chi connectivity index (χ0n) is 10.1. The van der Waals surface area contributed by atoms with Crippen molar-refractivity contribution in [1.29, 1.82) is 0 Å². The molecule has 2 heterocycles. The van der Waals surface area contributed by atoms with Crippen LogP contribution in [0, 0.1) is 0 Å². The predicted molar refractivity (Wildman–Crippen MR) is 71.2 cm³/mol. The van der Waals surface area contributed by atoms with E-state index >= 15 is 0 Å². The molecule has 0 atom stereocenters. The zero-order valence-corrected chi connectivity index (χ0v) is 11.7. The first kappa shape index (κ1) is 14.0. The van der Waals surface area contributed by atoms with Gasteiger partial charge in [0.05, 0.1) is 0 Å². The van der Waals surface area contributed by atoms with Crippen LogP contribution in [-0.4, -0.2) is 34.2 Å². The lowest BCUT2D eigenvalue weighted by Crippen LogP contribution is -2.38. The Morgan fingerprint density at radius 3 is 2.78 bits per heavy atom. The Hall–Kier alpha value is -0.470. The fourth-order valence-electron chi connectivity index (χ4n) is 1.87. The molecule has 102 valence electrons. The van der Waals surface area contributed by atoms with Crippen LogP contribution in [0.25, 0.3) is 0 Å². The van der Waals surface area contributed by atoms with E-state index < -0.39 is 10.0 Å². The van der Waals surface area contributed by atoms with E-state index in [-0.39, 0.29) is 6.04 Å². The fourth-order valence-corrected chi connectivity index (χ4v) is 4.56. The number of thiophene rings is 1. The largest absolute Gasteiger partial charge is 0.381 e. The molecule has 1 aromatic rings. The van der Waals surface area contributed by atoms with Crippen LogP contribution in [0.4, 0.5) is 0 Å². The van der Waals surface area contributed by atoms with Gasteiger partial charge in [-0.25, -0.2) is 13.1 Å². The quantitative estimate of drug-likeness (QED) is 0.836. The molecule has 0 aromatic carbocycles. The normalized spacial score (nSPS) is 18.1. The van der Waals surface area contributed by atoms with E-state index in [1.54, 1.807) is 6.07 Å². The van der Waals surface area contributed by atoms with Crippen LogP contribution < -0.4 is 10.5 Å². The van der Waals surface area contributed by atoms with Gasteiger partial charge in [-0.2, -0.15) is 0 Å². The highest BCUT2D eigenvalue weighted by Crippen LogP contribution is 2.22. The molecular formula is C11H18N2O3S2. The molecule has 0 amide bonds. The Balaban J connectivity index is 2.04. The number of ether oxygens (including phenoxy) is 1. The van der Waals surface area contributed by atoms with Gasteiger partial charge in [0.25, 0.3) is 0 Å². The maximum Gasteiger partial charge on any atom is 0.250 e. The number of hydrogen-bond acceptors (Lipinski definition) is 5. The molecule has 1 aromatic heterocycles. The standard InChI is InChI=1S/C11H18N2O3S2/c12-6-3-10-1-2-11(17-10)18(14,15)13-9-4-7-16-8-5-9/h1-2,9,13H,3-8,12H2.